The van der Waals surface area contributed by atoms with Gasteiger partial charge in [-0.1, -0.05) is 13.8 Å². The molecule has 90 valence electrons. The monoisotopic (exact) mass is 217 g/mol. The van der Waals surface area contributed by atoms with E-state index >= 15 is 0 Å². The zero-order valence-corrected chi connectivity index (χ0v) is 9.75. The number of rotatable bonds is 9. The van der Waals surface area contributed by atoms with Crippen LogP contribution in [0.25, 0.3) is 0 Å². The summed E-state index contributed by atoms with van der Waals surface area (Å²) in [4.78, 5) is 11.1. The van der Waals surface area contributed by atoms with Crippen molar-refractivity contribution in [3.05, 3.63) is 0 Å². The Morgan fingerprint density at radius 1 is 1.20 bits per heavy atom. The lowest BCUT2D eigenvalue weighted by molar-refractivity contribution is -0.145. The summed E-state index contributed by atoms with van der Waals surface area (Å²) in [6.07, 6.45) is 3.83. The van der Waals surface area contributed by atoms with Gasteiger partial charge in [0.15, 0.2) is 0 Å². The SMILES string of the molecule is CCC(CC)(NCCCCCO)C(=O)O. The minimum Gasteiger partial charge on any atom is -0.480 e. The molecule has 0 rings (SSSR count). The van der Waals surface area contributed by atoms with Crippen molar-refractivity contribution in [3.8, 4) is 0 Å². The molecule has 0 spiro atoms. The fourth-order valence-electron chi connectivity index (χ4n) is 1.62. The highest BCUT2D eigenvalue weighted by atomic mass is 16.4. The fraction of sp³-hybridized carbons (Fsp3) is 0.909. The molecule has 0 atom stereocenters. The normalized spacial score (nSPS) is 11.7. The van der Waals surface area contributed by atoms with Gasteiger partial charge in [-0.25, -0.2) is 0 Å². The van der Waals surface area contributed by atoms with Gasteiger partial charge in [0, 0.05) is 6.61 Å². The van der Waals surface area contributed by atoms with Gasteiger partial charge < -0.3 is 15.5 Å². The molecule has 0 saturated carbocycles. The summed E-state index contributed by atoms with van der Waals surface area (Å²) >= 11 is 0. The predicted octanol–water partition coefficient (Wildman–Crippen LogP) is 1.38. The van der Waals surface area contributed by atoms with Crippen LogP contribution in [0.1, 0.15) is 46.0 Å². The molecular weight excluding hydrogens is 194 g/mol. The third kappa shape index (κ3) is 4.62. The number of unbranched alkanes of at least 4 members (excludes halogenated alkanes) is 2. The molecule has 3 N–H and O–H groups in total. The van der Waals surface area contributed by atoms with Crippen LogP contribution in [0.3, 0.4) is 0 Å². The van der Waals surface area contributed by atoms with Gasteiger partial charge in [-0.3, -0.25) is 4.79 Å². The van der Waals surface area contributed by atoms with Crippen molar-refractivity contribution in [3.63, 3.8) is 0 Å². The molecule has 0 heterocycles. The van der Waals surface area contributed by atoms with Gasteiger partial charge in [0.05, 0.1) is 0 Å². The smallest absolute Gasteiger partial charge is 0.323 e. The van der Waals surface area contributed by atoms with Gasteiger partial charge in [0.2, 0.25) is 0 Å². The Labute approximate surface area is 91.7 Å². The first-order valence-corrected chi connectivity index (χ1v) is 5.72. The summed E-state index contributed by atoms with van der Waals surface area (Å²) in [7, 11) is 0. The molecule has 4 nitrogen and oxygen atoms in total. The molecular formula is C11H23NO3. The number of carbonyl (C=O) groups is 1. The van der Waals surface area contributed by atoms with E-state index in [1.54, 1.807) is 0 Å². The molecule has 0 aliphatic heterocycles. The lowest BCUT2D eigenvalue weighted by Crippen LogP contribution is -2.51. The molecule has 0 aliphatic rings. The first-order valence-electron chi connectivity index (χ1n) is 5.72. The number of carboxylic acids is 1. The van der Waals surface area contributed by atoms with E-state index in [2.05, 4.69) is 5.32 Å². The Kier molecular flexibility index (Phi) is 7.34. The summed E-state index contributed by atoms with van der Waals surface area (Å²) in [5.74, 6) is -0.769. The Hall–Kier alpha value is -0.610. The molecule has 15 heavy (non-hydrogen) atoms. The second kappa shape index (κ2) is 7.65. The average molecular weight is 217 g/mol. The first-order chi connectivity index (χ1) is 7.13. The van der Waals surface area contributed by atoms with Crippen molar-refractivity contribution in [1.82, 2.24) is 5.32 Å². The Morgan fingerprint density at radius 3 is 2.20 bits per heavy atom. The summed E-state index contributed by atoms with van der Waals surface area (Å²) in [6.45, 7) is 4.69. The van der Waals surface area contributed by atoms with Crippen molar-refractivity contribution < 1.29 is 15.0 Å². The van der Waals surface area contributed by atoms with Gasteiger partial charge in [-0.05, 0) is 38.6 Å². The largest absolute Gasteiger partial charge is 0.480 e. The lowest BCUT2D eigenvalue weighted by atomic mass is 9.93. The highest BCUT2D eigenvalue weighted by molar-refractivity contribution is 5.78. The first kappa shape index (κ1) is 14.4. The van der Waals surface area contributed by atoms with E-state index in [1.165, 1.54) is 0 Å². The van der Waals surface area contributed by atoms with E-state index < -0.39 is 11.5 Å². The molecule has 0 radical (unpaired) electrons. The van der Waals surface area contributed by atoms with Crippen molar-refractivity contribution in [2.24, 2.45) is 0 Å². The number of aliphatic hydroxyl groups excluding tert-OH is 1. The van der Waals surface area contributed by atoms with E-state index in [0.29, 0.717) is 19.4 Å². The molecule has 0 aliphatic carbocycles. The molecule has 0 aromatic rings. The number of carboxylic acid groups (broad SMARTS) is 1. The van der Waals surface area contributed by atoms with Gasteiger partial charge in [0.1, 0.15) is 5.54 Å². The summed E-state index contributed by atoms with van der Waals surface area (Å²) in [5, 5.41) is 20.8. The predicted molar refractivity (Wildman–Crippen MR) is 59.9 cm³/mol. The van der Waals surface area contributed by atoms with Crippen LogP contribution in [-0.4, -0.2) is 34.9 Å². The quantitative estimate of drug-likeness (QED) is 0.510. The van der Waals surface area contributed by atoms with Crippen molar-refractivity contribution >= 4 is 5.97 Å². The maximum absolute atomic E-state index is 11.1. The molecule has 0 amide bonds. The average Bonchev–Trinajstić information content (AvgIpc) is 2.23. The number of aliphatic carboxylic acids is 1. The minimum absolute atomic E-state index is 0.214. The van der Waals surface area contributed by atoms with E-state index in [0.717, 1.165) is 19.3 Å². The maximum Gasteiger partial charge on any atom is 0.323 e. The van der Waals surface area contributed by atoms with Crippen molar-refractivity contribution in [2.75, 3.05) is 13.2 Å². The van der Waals surface area contributed by atoms with Gasteiger partial charge >= 0.3 is 5.97 Å². The summed E-state index contributed by atoms with van der Waals surface area (Å²) in [6, 6.07) is 0. The Bertz CT molecular complexity index is 179. The topological polar surface area (TPSA) is 69.6 Å². The minimum atomic E-state index is -0.769. The van der Waals surface area contributed by atoms with E-state index in [4.69, 9.17) is 10.2 Å². The van der Waals surface area contributed by atoms with Gasteiger partial charge in [0.25, 0.3) is 0 Å². The highest BCUT2D eigenvalue weighted by Crippen LogP contribution is 2.15. The Morgan fingerprint density at radius 2 is 1.80 bits per heavy atom. The Balaban J connectivity index is 3.91. The second-order valence-electron chi connectivity index (χ2n) is 3.81. The third-order valence-electron chi connectivity index (χ3n) is 2.91. The molecule has 0 fully saturated rings. The fourth-order valence-corrected chi connectivity index (χ4v) is 1.62. The van der Waals surface area contributed by atoms with Crippen LogP contribution in [0.5, 0.6) is 0 Å². The highest BCUT2D eigenvalue weighted by Gasteiger charge is 2.33. The summed E-state index contributed by atoms with van der Waals surface area (Å²) in [5.41, 5.74) is -0.765. The summed E-state index contributed by atoms with van der Waals surface area (Å²) < 4.78 is 0. The molecule has 0 saturated heterocycles. The number of hydrogen-bond donors (Lipinski definition) is 3. The van der Waals surface area contributed by atoms with E-state index in [9.17, 15) is 4.79 Å². The zero-order valence-electron chi connectivity index (χ0n) is 9.75. The van der Waals surface area contributed by atoms with Gasteiger partial charge in [-0.15, -0.1) is 0 Å². The molecule has 4 heteroatoms. The zero-order chi connectivity index (χ0) is 11.7. The number of aliphatic hydroxyl groups is 1. The van der Waals surface area contributed by atoms with Crippen LogP contribution in [0, 0.1) is 0 Å². The molecule has 0 aromatic carbocycles. The van der Waals surface area contributed by atoms with Crippen molar-refractivity contribution in [1.29, 1.82) is 0 Å². The number of nitrogens with one attached hydrogen (secondary N) is 1. The van der Waals surface area contributed by atoms with E-state index in [-0.39, 0.29) is 6.61 Å². The number of hydrogen-bond acceptors (Lipinski definition) is 3. The van der Waals surface area contributed by atoms with Gasteiger partial charge in [-0.2, -0.15) is 0 Å². The standard InChI is InChI=1S/C11H23NO3/c1-3-11(4-2,10(14)15)12-8-6-5-7-9-13/h12-13H,3-9H2,1-2H3,(H,14,15). The van der Waals surface area contributed by atoms with E-state index in [1.807, 2.05) is 13.8 Å². The van der Waals surface area contributed by atoms with Crippen LogP contribution in [0.15, 0.2) is 0 Å². The lowest BCUT2D eigenvalue weighted by Gasteiger charge is -2.28. The van der Waals surface area contributed by atoms with Crippen molar-refractivity contribution in [2.45, 2.75) is 51.5 Å². The van der Waals surface area contributed by atoms with Crippen LogP contribution in [0.4, 0.5) is 0 Å². The maximum atomic E-state index is 11.1. The van der Waals surface area contributed by atoms with Crippen LogP contribution in [-0.2, 0) is 4.79 Å². The second-order valence-corrected chi connectivity index (χ2v) is 3.81. The van der Waals surface area contributed by atoms with Crippen LogP contribution in [0.2, 0.25) is 0 Å². The molecule has 0 bridgehead atoms. The molecule has 0 aromatic heterocycles. The van der Waals surface area contributed by atoms with Crippen LogP contribution >= 0.6 is 0 Å². The third-order valence-corrected chi connectivity index (χ3v) is 2.91. The van der Waals surface area contributed by atoms with Crippen LogP contribution < -0.4 is 5.32 Å². The molecule has 0 unspecified atom stereocenters.